The topological polar surface area (TPSA) is 60.8 Å². The van der Waals surface area contributed by atoms with Crippen molar-refractivity contribution in [2.45, 2.75) is 50.7 Å². The van der Waals surface area contributed by atoms with Crippen LogP contribution in [-0.2, 0) is 11.2 Å². The Kier molecular flexibility index (Phi) is 4.33. The molecule has 0 aromatic carbocycles. The third-order valence-electron chi connectivity index (χ3n) is 5.21. The number of carbonyl (C=O) groups is 1. The molecule has 1 saturated heterocycles. The number of aryl methyl sites for hydroxylation is 1. The first-order valence-corrected chi connectivity index (χ1v) is 8.66. The fraction of sp³-hybridized carbons (Fsp3) is 0.688. The molecule has 0 bridgehead atoms. The van der Waals surface area contributed by atoms with Gasteiger partial charge in [0, 0.05) is 36.2 Å². The third kappa shape index (κ3) is 2.87. The van der Waals surface area contributed by atoms with E-state index >= 15 is 0 Å². The molecule has 2 aliphatic rings. The van der Waals surface area contributed by atoms with Crippen molar-refractivity contribution in [2.75, 3.05) is 13.1 Å². The average Bonchev–Trinajstić information content (AvgIpc) is 3.01. The van der Waals surface area contributed by atoms with E-state index in [0.29, 0.717) is 25.9 Å². The normalized spacial score (nSPS) is 27.6. The van der Waals surface area contributed by atoms with Crippen LogP contribution in [0.4, 0.5) is 0 Å². The number of aliphatic hydroxyl groups excluding tert-OH is 2. The molecule has 21 heavy (non-hydrogen) atoms. The van der Waals surface area contributed by atoms with Crippen molar-refractivity contribution in [1.29, 1.82) is 0 Å². The zero-order valence-corrected chi connectivity index (χ0v) is 13.0. The predicted molar refractivity (Wildman–Crippen MR) is 82.1 cm³/mol. The molecule has 2 heterocycles. The number of amides is 1. The van der Waals surface area contributed by atoms with Crippen LogP contribution in [0.2, 0.25) is 0 Å². The summed E-state index contributed by atoms with van der Waals surface area (Å²) in [7, 11) is 0. The van der Waals surface area contributed by atoms with Crippen LogP contribution in [0.25, 0.3) is 0 Å². The zero-order valence-electron chi connectivity index (χ0n) is 12.2. The molecule has 1 aromatic heterocycles. The van der Waals surface area contributed by atoms with Crippen molar-refractivity contribution < 1.29 is 15.0 Å². The lowest BCUT2D eigenvalue weighted by Crippen LogP contribution is -2.61. The standard InChI is InChI=1S/C16H23NO3S/c18-13-11-14(19)16(13)6-8-17(9-7-16)15(20)5-1-3-12-4-2-10-21-12/h2,4,10,13-14,18-19H,1,3,5-9,11H2. The van der Waals surface area contributed by atoms with Crippen molar-refractivity contribution in [1.82, 2.24) is 4.90 Å². The molecule has 1 amide bonds. The number of hydrogen-bond donors (Lipinski definition) is 2. The van der Waals surface area contributed by atoms with Gasteiger partial charge >= 0.3 is 0 Å². The average molecular weight is 309 g/mol. The largest absolute Gasteiger partial charge is 0.392 e. The monoisotopic (exact) mass is 309 g/mol. The summed E-state index contributed by atoms with van der Waals surface area (Å²) < 4.78 is 0. The number of thiophene rings is 1. The zero-order chi connectivity index (χ0) is 14.9. The molecule has 116 valence electrons. The van der Waals surface area contributed by atoms with Crippen LogP contribution in [0.1, 0.15) is 37.0 Å². The maximum absolute atomic E-state index is 12.2. The second-order valence-electron chi connectivity index (χ2n) is 6.31. The number of carbonyl (C=O) groups excluding carboxylic acids is 1. The summed E-state index contributed by atoms with van der Waals surface area (Å²) >= 11 is 1.74. The van der Waals surface area contributed by atoms with Crippen LogP contribution >= 0.6 is 11.3 Å². The minimum Gasteiger partial charge on any atom is -0.392 e. The molecule has 2 N–H and O–H groups in total. The smallest absolute Gasteiger partial charge is 0.222 e. The minimum absolute atomic E-state index is 0.213. The van der Waals surface area contributed by atoms with Crippen LogP contribution in [-0.4, -0.2) is 46.3 Å². The van der Waals surface area contributed by atoms with Crippen LogP contribution < -0.4 is 0 Å². The highest BCUT2D eigenvalue weighted by atomic mass is 32.1. The highest BCUT2D eigenvalue weighted by molar-refractivity contribution is 7.09. The van der Waals surface area contributed by atoms with Crippen molar-refractivity contribution in [2.24, 2.45) is 5.41 Å². The first-order chi connectivity index (χ1) is 10.1. The first kappa shape index (κ1) is 15.0. The number of piperidine rings is 1. The Morgan fingerprint density at radius 2 is 2.05 bits per heavy atom. The Balaban J connectivity index is 1.43. The van der Waals surface area contributed by atoms with Gasteiger partial charge in [0.05, 0.1) is 12.2 Å². The molecule has 1 aliphatic carbocycles. The summed E-state index contributed by atoms with van der Waals surface area (Å²) in [6.07, 6.45) is 3.64. The highest BCUT2D eigenvalue weighted by Gasteiger charge is 2.54. The number of nitrogens with zero attached hydrogens (tertiary/aromatic N) is 1. The molecule has 1 aromatic rings. The van der Waals surface area contributed by atoms with E-state index in [2.05, 4.69) is 11.4 Å². The fourth-order valence-corrected chi connectivity index (χ4v) is 4.36. The lowest BCUT2D eigenvalue weighted by molar-refractivity contribution is -0.191. The van der Waals surface area contributed by atoms with Crippen LogP contribution in [0.3, 0.4) is 0 Å². The van der Waals surface area contributed by atoms with Gasteiger partial charge in [-0.25, -0.2) is 0 Å². The summed E-state index contributed by atoms with van der Waals surface area (Å²) in [4.78, 5) is 15.4. The van der Waals surface area contributed by atoms with Gasteiger partial charge in [-0.1, -0.05) is 6.07 Å². The van der Waals surface area contributed by atoms with E-state index in [1.54, 1.807) is 11.3 Å². The molecule has 2 fully saturated rings. The van der Waals surface area contributed by atoms with Gasteiger partial charge in [0.2, 0.25) is 5.91 Å². The molecule has 2 atom stereocenters. The van der Waals surface area contributed by atoms with Crippen molar-refractivity contribution >= 4 is 17.2 Å². The summed E-state index contributed by atoms with van der Waals surface area (Å²) in [6.45, 7) is 1.35. The van der Waals surface area contributed by atoms with Gasteiger partial charge in [0.1, 0.15) is 0 Å². The summed E-state index contributed by atoms with van der Waals surface area (Å²) in [6, 6.07) is 4.15. The number of rotatable bonds is 4. The lowest BCUT2D eigenvalue weighted by Gasteiger charge is -2.55. The van der Waals surface area contributed by atoms with Gasteiger partial charge in [0.15, 0.2) is 0 Å². The number of aliphatic hydroxyl groups is 2. The molecule has 1 spiro atoms. The third-order valence-corrected chi connectivity index (χ3v) is 6.15. The molecule has 4 nitrogen and oxygen atoms in total. The van der Waals surface area contributed by atoms with Gasteiger partial charge in [-0.2, -0.15) is 0 Å². The molecule has 3 rings (SSSR count). The van der Waals surface area contributed by atoms with Gasteiger partial charge < -0.3 is 15.1 Å². The van der Waals surface area contributed by atoms with Crippen LogP contribution in [0.5, 0.6) is 0 Å². The second kappa shape index (κ2) is 6.07. The predicted octanol–water partition coefficient (Wildman–Crippen LogP) is 1.81. The summed E-state index contributed by atoms with van der Waals surface area (Å²) in [5.74, 6) is 0.213. The Bertz CT molecular complexity index is 470. The lowest BCUT2D eigenvalue weighted by atomic mass is 9.58. The van der Waals surface area contributed by atoms with E-state index in [-0.39, 0.29) is 23.5 Å². The first-order valence-electron chi connectivity index (χ1n) is 7.78. The Morgan fingerprint density at radius 1 is 1.33 bits per heavy atom. The van der Waals surface area contributed by atoms with E-state index < -0.39 is 0 Å². The molecular formula is C16H23NO3S. The maximum Gasteiger partial charge on any atom is 0.222 e. The maximum atomic E-state index is 12.2. The van der Waals surface area contributed by atoms with E-state index in [1.165, 1.54) is 4.88 Å². The summed E-state index contributed by atoms with van der Waals surface area (Å²) in [5.41, 5.74) is -0.326. The molecule has 1 aliphatic heterocycles. The Hall–Kier alpha value is -0.910. The molecule has 1 saturated carbocycles. The van der Waals surface area contributed by atoms with E-state index in [0.717, 1.165) is 25.7 Å². The number of hydrogen-bond acceptors (Lipinski definition) is 4. The van der Waals surface area contributed by atoms with Crippen molar-refractivity contribution in [3.8, 4) is 0 Å². The Morgan fingerprint density at radius 3 is 2.62 bits per heavy atom. The highest BCUT2D eigenvalue weighted by Crippen LogP contribution is 2.49. The van der Waals surface area contributed by atoms with Gasteiger partial charge in [-0.15, -0.1) is 11.3 Å². The van der Waals surface area contributed by atoms with Crippen LogP contribution in [0.15, 0.2) is 17.5 Å². The molecule has 2 unspecified atom stereocenters. The van der Waals surface area contributed by atoms with Crippen molar-refractivity contribution in [3.63, 3.8) is 0 Å². The second-order valence-corrected chi connectivity index (χ2v) is 7.35. The van der Waals surface area contributed by atoms with E-state index in [1.807, 2.05) is 11.0 Å². The van der Waals surface area contributed by atoms with E-state index in [4.69, 9.17) is 0 Å². The molecule has 0 radical (unpaired) electrons. The molecular weight excluding hydrogens is 286 g/mol. The summed E-state index contributed by atoms with van der Waals surface area (Å²) in [5, 5.41) is 21.9. The Labute approximate surface area is 129 Å². The number of likely N-dealkylation sites (tertiary alicyclic amines) is 1. The van der Waals surface area contributed by atoms with Gasteiger partial charge in [0.25, 0.3) is 0 Å². The van der Waals surface area contributed by atoms with Crippen molar-refractivity contribution in [3.05, 3.63) is 22.4 Å². The minimum atomic E-state index is -0.386. The quantitative estimate of drug-likeness (QED) is 0.891. The van der Waals surface area contributed by atoms with Crippen LogP contribution in [0, 0.1) is 5.41 Å². The SMILES string of the molecule is O=C(CCCc1cccs1)N1CCC2(CC1)C(O)CC2O. The fourth-order valence-electron chi connectivity index (χ4n) is 3.61. The van der Waals surface area contributed by atoms with Gasteiger partial charge in [-0.05, 0) is 37.1 Å². The molecule has 5 heteroatoms. The van der Waals surface area contributed by atoms with E-state index in [9.17, 15) is 15.0 Å². The van der Waals surface area contributed by atoms with Gasteiger partial charge in [-0.3, -0.25) is 4.79 Å².